The summed E-state index contributed by atoms with van der Waals surface area (Å²) in [5, 5.41) is 2.01. The number of benzene rings is 1. The SMILES string of the molecule is COc1cc(C(C)=O)ccc1OCc1cccs1. The lowest BCUT2D eigenvalue weighted by Gasteiger charge is -2.10. The third-order valence-corrected chi connectivity index (χ3v) is 3.37. The van der Waals surface area contributed by atoms with Crippen LogP contribution in [-0.4, -0.2) is 12.9 Å². The third kappa shape index (κ3) is 2.90. The fourth-order valence-corrected chi connectivity index (χ4v) is 2.17. The molecule has 1 heterocycles. The van der Waals surface area contributed by atoms with Gasteiger partial charge in [-0.15, -0.1) is 11.3 Å². The van der Waals surface area contributed by atoms with E-state index in [2.05, 4.69) is 0 Å². The second-order valence-electron chi connectivity index (χ2n) is 3.79. The number of rotatable bonds is 5. The molecule has 0 unspecified atom stereocenters. The molecule has 0 spiro atoms. The van der Waals surface area contributed by atoms with Crippen molar-refractivity contribution in [3.8, 4) is 11.5 Å². The van der Waals surface area contributed by atoms with E-state index in [1.807, 2.05) is 17.5 Å². The van der Waals surface area contributed by atoms with Gasteiger partial charge in [0.2, 0.25) is 0 Å². The first-order valence-corrected chi connectivity index (χ1v) is 6.43. The first-order valence-electron chi connectivity index (χ1n) is 5.55. The molecule has 0 aliphatic heterocycles. The van der Waals surface area contributed by atoms with Crippen molar-refractivity contribution in [2.24, 2.45) is 0 Å². The molecule has 2 rings (SSSR count). The number of methoxy groups -OCH3 is 1. The molecule has 2 aromatic rings. The Morgan fingerprint density at radius 2 is 2.11 bits per heavy atom. The van der Waals surface area contributed by atoms with Crippen LogP contribution in [0.5, 0.6) is 11.5 Å². The molecule has 0 radical (unpaired) electrons. The molecule has 0 bridgehead atoms. The summed E-state index contributed by atoms with van der Waals surface area (Å²) in [7, 11) is 1.57. The third-order valence-electron chi connectivity index (χ3n) is 2.52. The van der Waals surface area contributed by atoms with Gasteiger partial charge in [0.1, 0.15) is 6.61 Å². The summed E-state index contributed by atoms with van der Waals surface area (Å²) in [5.41, 5.74) is 0.621. The van der Waals surface area contributed by atoms with Crippen LogP contribution in [0.2, 0.25) is 0 Å². The van der Waals surface area contributed by atoms with Crippen LogP contribution in [0.4, 0.5) is 0 Å². The first kappa shape index (κ1) is 12.6. The highest BCUT2D eigenvalue weighted by Crippen LogP contribution is 2.29. The zero-order chi connectivity index (χ0) is 13.0. The second kappa shape index (κ2) is 5.69. The average Bonchev–Trinajstić information content (AvgIpc) is 2.89. The lowest BCUT2D eigenvalue weighted by atomic mass is 10.1. The second-order valence-corrected chi connectivity index (χ2v) is 4.82. The summed E-state index contributed by atoms with van der Waals surface area (Å²) >= 11 is 1.64. The zero-order valence-electron chi connectivity index (χ0n) is 10.3. The molecule has 18 heavy (non-hydrogen) atoms. The van der Waals surface area contributed by atoms with Crippen molar-refractivity contribution in [1.82, 2.24) is 0 Å². The molecule has 94 valence electrons. The van der Waals surface area contributed by atoms with Crippen LogP contribution in [0, 0.1) is 0 Å². The topological polar surface area (TPSA) is 35.5 Å². The lowest BCUT2D eigenvalue weighted by Crippen LogP contribution is -1.98. The number of carbonyl (C=O) groups is 1. The molecular weight excluding hydrogens is 248 g/mol. The van der Waals surface area contributed by atoms with Crippen LogP contribution in [0.25, 0.3) is 0 Å². The van der Waals surface area contributed by atoms with Gasteiger partial charge in [-0.3, -0.25) is 4.79 Å². The predicted octanol–water partition coefficient (Wildman–Crippen LogP) is 3.54. The maximum atomic E-state index is 11.3. The van der Waals surface area contributed by atoms with Gasteiger partial charge in [0.05, 0.1) is 7.11 Å². The average molecular weight is 262 g/mol. The number of hydrogen-bond acceptors (Lipinski definition) is 4. The van der Waals surface area contributed by atoms with Crippen LogP contribution < -0.4 is 9.47 Å². The molecule has 0 N–H and O–H groups in total. The smallest absolute Gasteiger partial charge is 0.161 e. The number of hydrogen-bond donors (Lipinski definition) is 0. The minimum atomic E-state index is 0.0121. The number of ketones is 1. The minimum Gasteiger partial charge on any atom is -0.493 e. The van der Waals surface area contributed by atoms with E-state index < -0.39 is 0 Å². The van der Waals surface area contributed by atoms with E-state index in [4.69, 9.17) is 9.47 Å². The van der Waals surface area contributed by atoms with Crippen molar-refractivity contribution in [2.45, 2.75) is 13.5 Å². The highest BCUT2D eigenvalue weighted by Gasteiger charge is 2.08. The van der Waals surface area contributed by atoms with Gasteiger partial charge in [0.25, 0.3) is 0 Å². The Hall–Kier alpha value is -1.81. The predicted molar refractivity (Wildman–Crippen MR) is 71.6 cm³/mol. The first-order chi connectivity index (χ1) is 8.70. The summed E-state index contributed by atoms with van der Waals surface area (Å²) in [5.74, 6) is 1.24. The standard InChI is InChI=1S/C14H14O3S/c1-10(15)11-5-6-13(14(8-11)16-2)17-9-12-4-3-7-18-12/h3-8H,9H2,1-2H3. The summed E-state index contributed by atoms with van der Waals surface area (Å²) in [6, 6.07) is 9.21. The van der Waals surface area contributed by atoms with Gasteiger partial charge < -0.3 is 9.47 Å². The van der Waals surface area contributed by atoms with Crippen LogP contribution in [0.1, 0.15) is 22.2 Å². The molecular formula is C14H14O3S. The lowest BCUT2D eigenvalue weighted by molar-refractivity contribution is 0.101. The largest absolute Gasteiger partial charge is 0.493 e. The zero-order valence-corrected chi connectivity index (χ0v) is 11.1. The van der Waals surface area contributed by atoms with Gasteiger partial charge in [-0.1, -0.05) is 6.07 Å². The molecule has 0 aliphatic carbocycles. The van der Waals surface area contributed by atoms with Crippen LogP contribution >= 0.6 is 11.3 Å². The van der Waals surface area contributed by atoms with Crippen molar-refractivity contribution >= 4 is 17.1 Å². The fourth-order valence-electron chi connectivity index (χ4n) is 1.55. The van der Waals surface area contributed by atoms with E-state index in [9.17, 15) is 4.79 Å². The van der Waals surface area contributed by atoms with E-state index in [0.717, 1.165) is 4.88 Å². The van der Waals surface area contributed by atoms with E-state index in [-0.39, 0.29) is 5.78 Å². The molecule has 1 aromatic carbocycles. The normalized spacial score (nSPS) is 10.1. The Morgan fingerprint density at radius 1 is 1.28 bits per heavy atom. The molecule has 0 saturated carbocycles. The number of ether oxygens (including phenoxy) is 2. The van der Waals surface area contributed by atoms with Crippen LogP contribution in [-0.2, 0) is 6.61 Å². The van der Waals surface area contributed by atoms with Crippen LogP contribution in [0.3, 0.4) is 0 Å². The maximum absolute atomic E-state index is 11.3. The quantitative estimate of drug-likeness (QED) is 0.773. The Kier molecular flexibility index (Phi) is 3.99. The van der Waals surface area contributed by atoms with Gasteiger partial charge in [-0.25, -0.2) is 0 Å². The van der Waals surface area contributed by atoms with Crippen LogP contribution in [0.15, 0.2) is 35.7 Å². The van der Waals surface area contributed by atoms with Crippen molar-refractivity contribution in [2.75, 3.05) is 7.11 Å². The highest BCUT2D eigenvalue weighted by molar-refractivity contribution is 7.09. The van der Waals surface area contributed by atoms with E-state index >= 15 is 0 Å². The van der Waals surface area contributed by atoms with Gasteiger partial charge in [0.15, 0.2) is 17.3 Å². The fraction of sp³-hybridized carbons (Fsp3) is 0.214. The number of thiophene rings is 1. The van der Waals surface area contributed by atoms with E-state index in [1.54, 1.807) is 36.6 Å². The Balaban J connectivity index is 2.14. The van der Waals surface area contributed by atoms with E-state index in [1.165, 1.54) is 6.92 Å². The minimum absolute atomic E-state index is 0.0121. The molecule has 1 aromatic heterocycles. The number of carbonyl (C=O) groups excluding carboxylic acids is 1. The molecule has 4 heteroatoms. The Labute approximate surface area is 110 Å². The monoisotopic (exact) mass is 262 g/mol. The van der Waals surface area contributed by atoms with Crippen molar-refractivity contribution in [3.05, 3.63) is 46.2 Å². The highest BCUT2D eigenvalue weighted by atomic mass is 32.1. The van der Waals surface area contributed by atoms with Crippen molar-refractivity contribution in [3.63, 3.8) is 0 Å². The van der Waals surface area contributed by atoms with E-state index in [0.29, 0.717) is 23.7 Å². The molecule has 0 fully saturated rings. The van der Waals surface area contributed by atoms with Gasteiger partial charge >= 0.3 is 0 Å². The van der Waals surface area contributed by atoms with Gasteiger partial charge in [-0.05, 0) is 36.6 Å². The number of Topliss-reactive ketones (excluding diaryl/α,β-unsaturated/α-hetero) is 1. The van der Waals surface area contributed by atoms with Gasteiger partial charge in [-0.2, -0.15) is 0 Å². The Morgan fingerprint density at radius 3 is 2.72 bits per heavy atom. The summed E-state index contributed by atoms with van der Waals surface area (Å²) < 4.78 is 10.9. The summed E-state index contributed by atoms with van der Waals surface area (Å²) in [6.45, 7) is 2.04. The van der Waals surface area contributed by atoms with Crippen molar-refractivity contribution < 1.29 is 14.3 Å². The van der Waals surface area contributed by atoms with Gasteiger partial charge in [0, 0.05) is 10.4 Å². The maximum Gasteiger partial charge on any atom is 0.161 e. The summed E-state index contributed by atoms with van der Waals surface area (Å²) in [4.78, 5) is 12.4. The van der Waals surface area contributed by atoms with Crippen molar-refractivity contribution in [1.29, 1.82) is 0 Å². The molecule has 0 amide bonds. The molecule has 0 atom stereocenters. The summed E-state index contributed by atoms with van der Waals surface area (Å²) in [6.07, 6.45) is 0. The molecule has 0 aliphatic rings. The molecule has 3 nitrogen and oxygen atoms in total. The Bertz CT molecular complexity index is 532. The molecule has 0 saturated heterocycles.